The van der Waals surface area contributed by atoms with Crippen molar-refractivity contribution in [1.29, 1.82) is 0 Å². The number of rotatable bonds is 18. The third-order valence-corrected chi connectivity index (χ3v) is 8.35. The molecule has 0 aliphatic heterocycles. The van der Waals surface area contributed by atoms with Crippen molar-refractivity contribution in [1.82, 2.24) is 10.6 Å². The maximum Gasteiger partial charge on any atom is 0.220 e. The number of carbonyl (C=O) groups is 2. The Morgan fingerprint density at radius 2 is 1.41 bits per heavy atom. The molecule has 0 radical (unpaired) electrons. The van der Waals surface area contributed by atoms with Gasteiger partial charge in [0.1, 0.15) is 11.6 Å². The van der Waals surface area contributed by atoms with Crippen LogP contribution < -0.4 is 10.6 Å². The molecule has 0 aromatic heterocycles. The molecule has 6 heteroatoms. The van der Waals surface area contributed by atoms with Gasteiger partial charge in [-0.15, -0.1) is 0 Å². The average molecular weight is 625 g/mol. The highest BCUT2D eigenvalue weighted by atomic mass is 19.1. The number of halogens is 2. The van der Waals surface area contributed by atoms with E-state index in [-0.39, 0.29) is 30.6 Å². The van der Waals surface area contributed by atoms with Gasteiger partial charge < -0.3 is 10.6 Å². The van der Waals surface area contributed by atoms with E-state index in [1.54, 1.807) is 0 Å². The molecule has 0 saturated carbocycles. The number of amides is 1. The van der Waals surface area contributed by atoms with E-state index in [9.17, 15) is 18.4 Å². The minimum absolute atomic E-state index is 0.0105. The molecule has 2 atom stereocenters. The van der Waals surface area contributed by atoms with Gasteiger partial charge in [0.2, 0.25) is 5.91 Å². The molecule has 46 heavy (non-hydrogen) atoms. The van der Waals surface area contributed by atoms with Crippen LogP contribution in [0, 0.1) is 17.6 Å². The smallest absolute Gasteiger partial charge is 0.220 e. The number of nitrogens with one attached hydrogen (secondary N) is 2. The zero-order valence-electron chi connectivity index (χ0n) is 27.0. The number of hydrogen-bond acceptors (Lipinski definition) is 3. The molecule has 1 unspecified atom stereocenters. The molecule has 2 N–H and O–H groups in total. The fourth-order valence-corrected chi connectivity index (χ4v) is 5.83. The molecule has 1 amide bonds. The first-order chi connectivity index (χ1) is 22.3. The molecular formula is C40H46F2N2O2. The van der Waals surface area contributed by atoms with Crippen molar-refractivity contribution in [3.63, 3.8) is 0 Å². The van der Waals surface area contributed by atoms with Gasteiger partial charge in [0.05, 0.1) is 0 Å². The number of ketones is 1. The Bertz CT molecular complexity index is 1520. The van der Waals surface area contributed by atoms with Crippen LogP contribution in [0.4, 0.5) is 8.78 Å². The predicted octanol–water partition coefficient (Wildman–Crippen LogP) is 8.21. The van der Waals surface area contributed by atoms with Crippen molar-refractivity contribution >= 4 is 11.7 Å². The quantitative estimate of drug-likeness (QED) is 0.0867. The largest absolute Gasteiger partial charge is 0.353 e. The second-order valence-corrected chi connectivity index (χ2v) is 12.1. The highest BCUT2D eigenvalue weighted by molar-refractivity contribution is 6.00. The van der Waals surface area contributed by atoms with Crippen molar-refractivity contribution in [2.45, 2.75) is 77.8 Å². The molecule has 0 aliphatic rings. The lowest BCUT2D eigenvalue weighted by Gasteiger charge is -2.22. The standard InChI is InChI=1S/C40H46F2N2O2/c1-3-5-10-30-15-17-34(18-16-30)40(46)35(22-31-11-7-6-8-12-31)26-39(45)44-38(25-33-23-36(41)27-37(42)24-33)19-20-43-28-32-14-9-13-29(4-2)21-32/h6-9,11-18,21,23-24,27,35,38,43H,3-5,10,19-20,22,25-26,28H2,1-2H3,(H,44,45)/t35?,38-/m1/s1. The zero-order valence-corrected chi connectivity index (χ0v) is 27.0. The molecule has 242 valence electrons. The number of benzene rings is 4. The van der Waals surface area contributed by atoms with Gasteiger partial charge >= 0.3 is 0 Å². The summed E-state index contributed by atoms with van der Waals surface area (Å²) in [6.07, 6.45) is 5.39. The second-order valence-electron chi connectivity index (χ2n) is 12.1. The van der Waals surface area contributed by atoms with Crippen LogP contribution in [0.15, 0.2) is 97.1 Å². The van der Waals surface area contributed by atoms with Gasteiger partial charge in [-0.1, -0.05) is 99.1 Å². The van der Waals surface area contributed by atoms with E-state index in [1.165, 1.54) is 28.8 Å². The number of aryl methyl sites for hydroxylation is 2. The van der Waals surface area contributed by atoms with Gasteiger partial charge in [0.25, 0.3) is 0 Å². The van der Waals surface area contributed by atoms with Crippen LogP contribution in [-0.2, 0) is 37.0 Å². The van der Waals surface area contributed by atoms with E-state index in [1.807, 2.05) is 60.7 Å². The number of Topliss-reactive ketones (excluding diaryl/α,β-unsaturated/α-hetero) is 1. The van der Waals surface area contributed by atoms with E-state index >= 15 is 0 Å². The van der Waals surface area contributed by atoms with Gasteiger partial charge in [0, 0.05) is 36.6 Å². The number of carbonyl (C=O) groups excluding carboxylic acids is 2. The maximum atomic E-state index is 14.0. The van der Waals surface area contributed by atoms with Gasteiger partial charge in [-0.2, -0.15) is 0 Å². The van der Waals surface area contributed by atoms with Crippen LogP contribution >= 0.6 is 0 Å². The first kappa shape index (κ1) is 34.7. The lowest BCUT2D eigenvalue weighted by Crippen LogP contribution is -2.40. The molecule has 0 fully saturated rings. The van der Waals surface area contributed by atoms with Crippen LogP contribution in [0.3, 0.4) is 0 Å². The Balaban J connectivity index is 1.46. The molecule has 0 bridgehead atoms. The second kappa shape index (κ2) is 18.1. The minimum Gasteiger partial charge on any atom is -0.353 e. The van der Waals surface area contributed by atoms with E-state index < -0.39 is 17.6 Å². The molecule has 0 heterocycles. The van der Waals surface area contributed by atoms with Gasteiger partial charge in [-0.25, -0.2) is 8.78 Å². The highest BCUT2D eigenvalue weighted by Crippen LogP contribution is 2.20. The summed E-state index contributed by atoms with van der Waals surface area (Å²) < 4.78 is 28.1. The third kappa shape index (κ3) is 11.3. The average Bonchev–Trinajstić information content (AvgIpc) is 3.05. The molecule has 0 saturated heterocycles. The van der Waals surface area contributed by atoms with E-state index in [0.29, 0.717) is 37.1 Å². The summed E-state index contributed by atoms with van der Waals surface area (Å²) in [7, 11) is 0. The fraction of sp³-hybridized carbons (Fsp3) is 0.350. The summed E-state index contributed by atoms with van der Waals surface area (Å²) in [6.45, 7) is 5.54. The van der Waals surface area contributed by atoms with Gasteiger partial charge in [-0.3, -0.25) is 9.59 Å². The third-order valence-electron chi connectivity index (χ3n) is 8.35. The Hall–Kier alpha value is -4.16. The van der Waals surface area contributed by atoms with Crippen molar-refractivity contribution in [2.75, 3.05) is 6.54 Å². The first-order valence-electron chi connectivity index (χ1n) is 16.5. The topological polar surface area (TPSA) is 58.2 Å². The van der Waals surface area contributed by atoms with E-state index in [4.69, 9.17) is 0 Å². The lowest BCUT2D eigenvalue weighted by atomic mass is 9.88. The molecule has 4 nitrogen and oxygen atoms in total. The zero-order chi connectivity index (χ0) is 32.7. The molecule has 4 aromatic rings. The van der Waals surface area contributed by atoms with E-state index in [0.717, 1.165) is 37.3 Å². The summed E-state index contributed by atoms with van der Waals surface area (Å²) in [5, 5.41) is 6.54. The van der Waals surface area contributed by atoms with Crippen molar-refractivity contribution in [2.24, 2.45) is 5.92 Å². The highest BCUT2D eigenvalue weighted by Gasteiger charge is 2.25. The van der Waals surface area contributed by atoms with Crippen molar-refractivity contribution < 1.29 is 18.4 Å². The van der Waals surface area contributed by atoms with E-state index in [2.05, 4.69) is 42.7 Å². The van der Waals surface area contributed by atoms with Crippen LogP contribution in [0.5, 0.6) is 0 Å². The summed E-state index contributed by atoms with van der Waals surface area (Å²) in [5.41, 5.74) is 5.68. The maximum absolute atomic E-state index is 14.0. The molecule has 0 spiro atoms. The fourth-order valence-electron chi connectivity index (χ4n) is 5.83. The molecule has 0 aliphatic carbocycles. The number of unbranched alkanes of at least 4 members (excludes halogenated alkanes) is 1. The Morgan fingerprint density at radius 1 is 0.717 bits per heavy atom. The normalized spacial score (nSPS) is 12.4. The predicted molar refractivity (Wildman–Crippen MR) is 182 cm³/mol. The summed E-state index contributed by atoms with van der Waals surface area (Å²) in [4.78, 5) is 27.4. The summed E-state index contributed by atoms with van der Waals surface area (Å²) >= 11 is 0. The summed E-state index contributed by atoms with van der Waals surface area (Å²) in [6, 6.07) is 28.9. The van der Waals surface area contributed by atoms with Crippen molar-refractivity contribution in [3.05, 3.63) is 142 Å². The monoisotopic (exact) mass is 624 g/mol. The first-order valence-corrected chi connectivity index (χ1v) is 16.5. The van der Waals surface area contributed by atoms with Gasteiger partial charge in [-0.05, 0) is 85.0 Å². The van der Waals surface area contributed by atoms with Crippen molar-refractivity contribution in [3.8, 4) is 0 Å². The van der Waals surface area contributed by atoms with Gasteiger partial charge in [0.15, 0.2) is 5.78 Å². The summed E-state index contributed by atoms with van der Waals surface area (Å²) in [5.74, 6) is -2.18. The Kier molecular flexibility index (Phi) is 13.7. The van der Waals surface area contributed by atoms with Crippen LogP contribution in [0.1, 0.15) is 77.7 Å². The van der Waals surface area contributed by atoms with Crippen LogP contribution in [0.25, 0.3) is 0 Å². The molecule has 4 rings (SSSR count). The SMILES string of the molecule is CCCCc1ccc(C(=O)C(CC(=O)N[C@H](CCNCc2cccc(CC)c2)Cc2cc(F)cc(F)c2)Cc2ccccc2)cc1. The minimum atomic E-state index is -0.650. The van der Waals surface area contributed by atoms with Crippen LogP contribution in [-0.4, -0.2) is 24.3 Å². The molecule has 4 aromatic carbocycles. The Labute approximate surface area is 272 Å². The Morgan fingerprint density at radius 3 is 2.11 bits per heavy atom. The lowest BCUT2D eigenvalue weighted by molar-refractivity contribution is -0.122. The number of hydrogen-bond donors (Lipinski definition) is 2. The van der Waals surface area contributed by atoms with Crippen LogP contribution in [0.2, 0.25) is 0 Å². The molecular weight excluding hydrogens is 578 g/mol.